The molecule has 5 nitrogen and oxygen atoms in total. The maximum Gasteiger partial charge on any atom is 0.254 e. The van der Waals surface area contributed by atoms with E-state index in [0.29, 0.717) is 17.1 Å². The number of hydrogen-bond donors (Lipinski definition) is 0. The van der Waals surface area contributed by atoms with Crippen LogP contribution in [0.3, 0.4) is 0 Å². The number of rotatable bonds is 7. The van der Waals surface area contributed by atoms with Crippen molar-refractivity contribution in [3.63, 3.8) is 0 Å². The predicted molar refractivity (Wildman–Crippen MR) is 129 cm³/mol. The Balaban J connectivity index is 1.72. The molecule has 7 heteroatoms. The molecule has 2 heterocycles. The van der Waals surface area contributed by atoms with Crippen molar-refractivity contribution in [2.75, 3.05) is 13.1 Å². The van der Waals surface area contributed by atoms with E-state index in [4.69, 9.17) is 16.7 Å². The molecule has 0 N–H and O–H groups in total. The van der Waals surface area contributed by atoms with Crippen LogP contribution in [0.1, 0.15) is 54.5 Å². The van der Waals surface area contributed by atoms with Crippen LogP contribution >= 0.6 is 11.6 Å². The molecule has 3 aromatic rings. The number of carbonyl (C=O) groups excluding carboxylic acids is 1. The molecule has 1 aliphatic rings. The number of amides is 1. The van der Waals surface area contributed by atoms with Gasteiger partial charge in [-0.25, -0.2) is 9.07 Å². The molecule has 1 aromatic heterocycles. The van der Waals surface area contributed by atoms with Gasteiger partial charge in [-0.15, -0.1) is 0 Å². The minimum atomic E-state index is -0.354. The Bertz CT molecular complexity index is 1130. The Hall–Kier alpha value is -2.70. The summed E-state index contributed by atoms with van der Waals surface area (Å²) in [6.07, 6.45) is 1.98. The highest BCUT2D eigenvalue weighted by Crippen LogP contribution is 2.28. The first-order chi connectivity index (χ1) is 15.9. The van der Waals surface area contributed by atoms with E-state index in [9.17, 15) is 9.18 Å². The van der Waals surface area contributed by atoms with E-state index in [-0.39, 0.29) is 17.8 Å². The van der Waals surface area contributed by atoms with Gasteiger partial charge in [0.1, 0.15) is 5.82 Å². The zero-order chi connectivity index (χ0) is 23.5. The van der Waals surface area contributed by atoms with Gasteiger partial charge in [-0.2, -0.15) is 5.10 Å². The van der Waals surface area contributed by atoms with Crippen molar-refractivity contribution in [1.82, 2.24) is 19.6 Å². The molecule has 0 aliphatic carbocycles. The predicted octanol–water partition coefficient (Wildman–Crippen LogP) is 5.48. The number of hydrogen-bond acceptors (Lipinski definition) is 3. The van der Waals surface area contributed by atoms with E-state index in [1.54, 1.807) is 4.90 Å². The fourth-order valence-electron chi connectivity index (χ4n) is 4.41. The Kier molecular flexibility index (Phi) is 7.15. The highest BCUT2D eigenvalue weighted by molar-refractivity contribution is 6.30. The van der Waals surface area contributed by atoms with Crippen LogP contribution in [-0.4, -0.2) is 44.6 Å². The average Bonchev–Trinajstić information content (AvgIpc) is 3.15. The molecule has 0 radical (unpaired) electrons. The largest absolute Gasteiger partial charge is 0.330 e. The standard InChI is InChI=1S/C26H30ClFN4O/c1-4-13-30-14-12-25-23(16-30)24(29-32(25)22-7-5-6-20(27)15-22)17-31(18(2)3)26(33)19-8-10-21(28)11-9-19/h5-11,15,18H,4,12-14,16-17H2,1-3H3. The summed E-state index contributed by atoms with van der Waals surface area (Å²) in [6.45, 7) is 9.39. The zero-order valence-electron chi connectivity index (χ0n) is 19.4. The van der Waals surface area contributed by atoms with E-state index >= 15 is 0 Å². The smallest absolute Gasteiger partial charge is 0.254 e. The fraction of sp³-hybridized carbons (Fsp3) is 0.385. The first-order valence-electron chi connectivity index (χ1n) is 11.5. The number of benzene rings is 2. The average molecular weight is 469 g/mol. The lowest BCUT2D eigenvalue weighted by Gasteiger charge is -2.29. The molecule has 0 atom stereocenters. The lowest BCUT2D eigenvalue weighted by Crippen LogP contribution is -2.37. The van der Waals surface area contributed by atoms with Crippen LogP contribution < -0.4 is 0 Å². The summed E-state index contributed by atoms with van der Waals surface area (Å²) in [7, 11) is 0. The number of fused-ring (bicyclic) bond motifs is 1. The van der Waals surface area contributed by atoms with Gasteiger partial charge in [0.25, 0.3) is 5.91 Å². The molecule has 0 bridgehead atoms. The van der Waals surface area contributed by atoms with Crippen LogP contribution in [0.2, 0.25) is 5.02 Å². The second kappa shape index (κ2) is 10.1. The second-order valence-electron chi connectivity index (χ2n) is 8.82. The molecule has 0 spiro atoms. The third kappa shape index (κ3) is 5.12. The molecule has 4 rings (SSSR count). The summed E-state index contributed by atoms with van der Waals surface area (Å²) in [5, 5.41) is 5.65. The molecular formula is C26H30ClFN4O. The maximum absolute atomic E-state index is 13.4. The summed E-state index contributed by atoms with van der Waals surface area (Å²) in [5.74, 6) is -0.481. The van der Waals surface area contributed by atoms with Gasteiger partial charge in [-0.05, 0) is 69.3 Å². The van der Waals surface area contributed by atoms with Gasteiger partial charge >= 0.3 is 0 Å². The van der Waals surface area contributed by atoms with Crippen molar-refractivity contribution in [2.24, 2.45) is 0 Å². The third-order valence-electron chi connectivity index (χ3n) is 6.11. The van der Waals surface area contributed by atoms with Crippen LogP contribution in [0.25, 0.3) is 5.69 Å². The van der Waals surface area contributed by atoms with Crippen molar-refractivity contribution in [1.29, 1.82) is 0 Å². The normalized spacial score (nSPS) is 13.9. The second-order valence-corrected chi connectivity index (χ2v) is 9.26. The Morgan fingerprint density at radius 1 is 1.21 bits per heavy atom. The summed E-state index contributed by atoms with van der Waals surface area (Å²) >= 11 is 6.27. The van der Waals surface area contributed by atoms with Gasteiger partial charge in [-0.3, -0.25) is 9.69 Å². The van der Waals surface area contributed by atoms with Gasteiger partial charge in [-0.1, -0.05) is 24.6 Å². The molecule has 0 saturated carbocycles. The van der Waals surface area contributed by atoms with Gasteiger partial charge in [0.05, 0.1) is 23.6 Å². The molecule has 0 fully saturated rings. The molecule has 33 heavy (non-hydrogen) atoms. The molecule has 174 valence electrons. The van der Waals surface area contributed by atoms with Crippen molar-refractivity contribution < 1.29 is 9.18 Å². The highest BCUT2D eigenvalue weighted by Gasteiger charge is 2.28. The topological polar surface area (TPSA) is 41.4 Å². The van der Waals surface area contributed by atoms with Crippen molar-refractivity contribution >= 4 is 17.5 Å². The summed E-state index contributed by atoms with van der Waals surface area (Å²) in [6, 6.07) is 13.4. The van der Waals surface area contributed by atoms with Crippen LogP contribution in [0, 0.1) is 5.82 Å². The van der Waals surface area contributed by atoms with Gasteiger partial charge in [0.15, 0.2) is 0 Å². The Labute approximate surface area is 199 Å². The first-order valence-corrected chi connectivity index (χ1v) is 11.9. The highest BCUT2D eigenvalue weighted by atomic mass is 35.5. The molecule has 2 aromatic carbocycles. The zero-order valence-corrected chi connectivity index (χ0v) is 20.1. The summed E-state index contributed by atoms with van der Waals surface area (Å²) in [4.78, 5) is 17.5. The molecule has 1 aliphatic heterocycles. The summed E-state index contributed by atoms with van der Waals surface area (Å²) < 4.78 is 15.4. The van der Waals surface area contributed by atoms with Crippen LogP contribution in [0.15, 0.2) is 48.5 Å². The number of halogens is 2. The van der Waals surface area contributed by atoms with E-state index < -0.39 is 0 Å². The number of aromatic nitrogens is 2. The van der Waals surface area contributed by atoms with Gasteiger partial charge in [0.2, 0.25) is 0 Å². The van der Waals surface area contributed by atoms with Crippen molar-refractivity contribution in [3.8, 4) is 5.69 Å². The van der Waals surface area contributed by atoms with Gasteiger partial charge in [0, 0.05) is 41.7 Å². The molecular weight excluding hydrogens is 439 g/mol. The number of carbonyl (C=O) groups is 1. The maximum atomic E-state index is 13.4. The minimum Gasteiger partial charge on any atom is -0.330 e. The van der Waals surface area contributed by atoms with E-state index in [1.807, 2.05) is 42.8 Å². The first kappa shape index (κ1) is 23.5. The molecule has 1 amide bonds. The molecule has 0 saturated heterocycles. The SMILES string of the molecule is CCCN1CCc2c(c(CN(C(=O)c3ccc(F)cc3)C(C)C)nn2-c2cccc(Cl)c2)C1. The van der Waals surface area contributed by atoms with Crippen LogP contribution in [-0.2, 0) is 19.5 Å². The molecule has 0 unspecified atom stereocenters. The van der Waals surface area contributed by atoms with Crippen molar-refractivity contribution in [3.05, 3.63) is 81.9 Å². The minimum absolute atomic E-state index is 0.0372. The fourth-order valence-corrected chi connectivity index (χ4v) is 4.59. The Morgan fingerprint density at radius 2 is 1.97 bits per heavy atom. The van der Waals surface area contributed by atoms with Crippen molar-refractivity contribution in [2.45, 2.75) is 52.7 Å². The Morgan fingerprint density at radius 3 is 2.64 bits per heavy atom. The third-order valence-corrected chi connectivity index (χ3v) is 6.34. The lowest BCUT2D eigenvalue weighted by atomic mass is 10.0. The monoisotopic (exact) mass is 468 g/mol. The van der Waals surface area contributed by atoms with Gasteiger partial charge < -0.3 is 4.90 Å². The van der Waals surface area contributed by atoms with Crippen LogP contribution in [0.5, 0.6) is 0 Å². The lowest BCUT2D eigenvalue weighted by molar-refractivity contribution is 0.0686. The van der Waals surface area contributed by atoms with E-state index in [1.165, 1.54) is 35.5 Å². The number of nitrogens with zero attached hydrogens (tertiary/aromatic N) is 4. The quantitative estimate of drug-likeness (QED) is 0.460. The summed E-state index contributed by atoms with van der Waals surface area (Å²) in [5.41, 5.74) is 4.66. The van der Waals surface area contributed by atoms with E-state index in [2.05, 4.69) is 11.8 Å². The van der Waals surface area contributed by atoms with E-state index in [0.717, 1.165) is 43.9 Å². The van der Waals surface area contributed by atoms with Crippen LogP contribution in [0.4, 0.5) is 4.39 Å².